The maximum absolute atomic E-state index is 12.9. The number of likely N-dealkylation sites (tertiary alicyclic amines) is 1. The summed E-state index contributed by atoms with van der Waals surface area (Å²) >= 11 is 0. The molecule has 5 rings (SSSR count). The summed E-state index contributed by atoms with van der Waals surface area (Å²) in [5, 5.41) is 3.10. The molecule has 0 aliphatic carbocycles. The number of fused-ring (bicyclic) bond motifs is 1. The first-order valence-electron chi connectivity index (χ1n) is 11.3. The number of H-pyrrole nitrogens is 1. The monoisotopic (exact) mass is 428 g/mol. The molecule has 7 heteroatoms. The molecule has 1 saturated heterocycles. The number of nitrogens with one attached hydrogen (secondary N) is 2. The van der Waals surface area contributed by atoms with Gasteiger partial charge in [0, 0.05) is 36.7 Å². The van der Waals surface area contributed by atoms with Crippen LogP contribution >= 0.6 is 0 Å². The van der Waals surface area contributed by atoms with E-state index in [-0.39, 0.29) is 11.8 Å². The molecule has 0 saturated carbocycles. The minimum atomic E-state index is -0.0103. The van der Waals surface area contributed by atoms with Crippen molar-refractivity contribution in [2.45, 2.75) is 32.9 Å². The van der Waals surface area contributed by atoms with Crippen molar-refractivity contribution in [3.63, 3.8) is 0 Å². The molecule has 3 heterocycles. The van der Waals surface area contributed by atoms with Gasteiger partial charge in [-0.1, -0.05) is 12.1 Å². The Morgan fingerprint density at radius 1 is 1.19 bits per heavy atom. The summed E-state index contributed by atoms with van der Waals surface area (Å²) in [4.78, 5) is 27.7. The molecule has 7 nitrogen and oxygen atoms in total. The maximum atomic E-state index is 12.9. The first-order chi connectivity index (χ1) is 15.7. The lowest BCUT2D eigenvalue weighted by molar-refractivity contribution is -0.121. The molecule has 0 bridgehead atoms. The number of anilines is 1. The molecule has 1 atom stereocenters. The number of aromatic amines is 1. The van der Waals surface area contributed by atoms with Gasteiger partial charge in [-0.15, -0.1) is 0 Å². The van der Waals surface area contributed by atoms with Gasteiger partial charge in [-0.05, 0) is 62.7 Å². The molecule has 1 amide bonds. The highest BCUT2D eigenvalue weighted by atomic mass is 16.1. The Morgan fingerprint density at radius 3 is 2.84 bits per heavy atom. The SMILES string of the molecule is CCn1ccnc1CN1CCCC(C(=O)Nc2ccc(-c3nc4ccccc4[nH]3)cc2)C1. The summed E-state index contributed by atoms with van der Waals surface area (Å²) in [5.74, 6) is 1.97. The standard InChI is InChI=1S/C25H28N6O/c1-2-31-15-13-26-23(31)17-30-14-5-6-19(16-30)25(32)27-20-11-9-18(10-12-20)24-28-21-7-3-4-8-22(21)29-24/h3-4,7-13,15,19H,2,5-6,14,16-17H2,1H3,(H,27,32)(H,28,29). The van der Waals surface area contributed by atoms with Gasteiger partial charge in [0.25, 0.3) is 0 Å². The zero-order valence-electron chi connectivity index (χ0n) is 18.3. The maximum Gasteiger partial charge on any atom is 0.228 e. The first-order valence-corrected chi connectivity index (χ1v) is 11.3. The van der Waals surface area contributed by atoms with Crippen LogP contribution in [-0.2, 0) is 17.9 Å². The predicted octanol–water partition coefficient (Wildman–Crippen LogP) is 4.30. The van der Waals surface area contributed by atoms with Gasteiger partial charge < -0.3 is 14.9 Å². The summed E-state index contributed by atoms with van der Waals surface area (Å²) in [6.07, 6.45) is 5.80. The minimum Gasteiger partial charge on any atom is -0.338 e. The third-order valence-corrected chi connectivity index (χ3v) is 6.20. The van der Waals surface area contributed by atoms with Crippen LogP contribution in [0.25, 0.3) is 22.4 Å². The van der Waals surface area contributed by atoms with Crippen LogP contribution in [0.5, 0.6) is 0 Å². The van der Waals surface area contributed by atoms with Gasteiger partial charge in [0.05, 0.1) is 23.5 Å². The predicted molar refractivity (Wildman–Crippen MR) is 126 cm³/mol. The summed E-state index contributed by atoms with van der Waals surface area (Å²) < 4.78 is 2.16. The van der Waals surface area contributed by atoms with Crippen LogP contribution in [0.3, 0.4) is 0 Å². The molecule has 4 aromatic rings. The molecule has 2 aromatic carbocycles. The third kappa shape index (κ3) is 4.29. The Hall–Kier alpha value is -3.45. The molecule has 164 valence electrons. The van der Waals surface area contributed by atoms with Crippen LogP contribution in [0, 0.1) is 5.92 Å². The van der Waals surface area contributed by atoms with E-state index in [2.05, 4.69) is 36.7 Å². The molecule has 32 heavy (non-hydrogen) atoms. The second kappa shape index (κ2) is 8.96. The normalized spacial score (nSPS) is 17.0. The number of piperidine rings is 1. The Morgan fingerprint density at radius 2 is 2.03 bits per heavy atom. The summed E-state index contributed by atoms with van der Waals surface area (Å²) in [6, 6.07) is 15.9. The second-order valence-corrected chi connectivity index (χ2v) is 8.37. The molecule has 0 radical (unpaired) electrons. The van der Waals surface area contributed by atoms with Gasteiger partial charge in [-0.2, -0.15) is 0 Å². The van der Waals surface area contributed by atoms with Gasteiger partial charge in [0.15, 0.2) is 0 Å². The van der Waals surface area contributed by atoms with Crippen molar-refractivity contribution in [1.29, 1.82) is 0 Å². The van der Waals surface area contributed by atoms with Crippen molar-refractivity contribution in [2.24, 2.45) is 5.92 Å². The third-order valence-electron chi connectivity index (χ3n) is 6.20. The summed E-state index contributed by atoms with van der Waals surface area (Å²) in [7, 11) is 0. The van der Waals surface area contributed by atoms with Crippen LogP contribution in [0.2, 0.25) is 0 Å². The summed E-state index contributed by atoms with van der Waals surface area (Å²) in [6.45, 7) is 5.59. The van der Waals surface area contributed by atoms with E-state index in [1.807, 2.05) is 60.9 Å². The van der Waals surface area contributed by atoms with Crippen LogP contribution in [0.4, 0.5) is 5.69 Å². The van der Waals surface area contributed by atoms with Gasteiger partial charge in [-0.25, -0.2) is 9.97 Å². The molecule has 1 aliphatic rings. The zero-order chi connectivity index (χ0) is 21.9. The smallest absolute Gasteiger partial charge is 0.228 e. The van der Waals surface area contributed by atoms with Crippen molar-refractivity contribution >= 4 is 22.6 Å². The van der Waals surface area contributed by atoms with E-state index < -0.39 is 0 Å². The number of aromatic nitrogens is 4. The van der Waals surface area contributed by atoms with E-state index in [4.69, 9.17) is 0 Å². The van der Waals surface area contributed by atoms with E-state index >= 15 is 0 Å². The molecular weight excluding hydrogens is 400 g/mol. The molecule has 1 unspecified atom stereocenters. The van der Waals surface area contributed by atoms with Crippen molar-refractivity contribution < 1.29 is 4.79 Å². The lowest BCUT2D eigenvalue weighted by atomic mass is 9.97. The van der Waals surface area contributed by atoms with Crippen LogP contribution < -0.4 is 5.32 Å². The average molecular weight is 429 g/mol. The summed E-state index contributed by atoms with van der Waals surface area (Å²) in [5.41, 5.74) is 3.77. The topological polar surface area (TPSA) is 78.8 Å². The van der Waals surface area contributed by atoms with Crippen molar-refractivity contribution in [1.82, 2.24) is 24.4 Å². The van der Waals surface area contributed by atoms with Crippen LogP contribution in [0.15, 0.2) is 60.9 Å². The number of rotatable bonds is 6. The molecule has 2 aromatic heterocycles. The highest BCUT2D eigenvalue weighted by Gasteiger charge is 2.26. The number of hydrogen-bond acceptors (Lipinski definition) is 4. The number of amides is 1. The fraction of sp³-hybridized carbons (Fsp3) is 0.320. The second-order valence-electron chi connectivity index (χ2n) is 8.37. The molecule has 1 fully saturated rings. The van der Waals surface area contributed by atoms with Crippen molar-refractivity contribution in [3.05, 3.63) is 66.7 Å². The van der Waals surface area contributed by atoms with Gasteiger partial charge in [0.2, 0.25) is 5.91 Å². The number of para-hydroxylation sites is 2. The Kier molecular flexibility index (Phi) is 5.73. The highest BCUT2D eigenvalue weighted by molar-refractivity contribution is 5.93. The average Bonchev–Trinajstić information content (AvgIpc) is 3.46. The highest BCUT2D eigenvalue weighted by Crippen LogP contribution is 2.24. The lowest BCUT2D eigenvalue weighted by Gasteiger charge is -2.31. The quantitative estimate of drug-likeness (QED) is 0.480. The fourth-order valence-corrected chi connectivity index (χ4v) is 4.44. The molecule has 0 spiro atoms. The number of nitrogens with zero attached hydrogens (tertiary/aromatic N) is 4. The van der Waals surface area contributed by atoms with E-state index in [9.17, 15) is 4.79 Å². The molecule has 1 aliphatic heterocycles. The van der Waals surface area contributed by atoms with Crippen molar-refractivity contribution in [2.75, 3.05) is 18.4 Å². The Bertz CT molecular complexity index is 1180. The Balaban J connectivity index is 1.21. The fourth-order valence-electron chi connectivity index (χ4n) is 4.44. The van der Waals surface area contributed by atoms with Gasteiger partial charge in [0.1, 0.15) is 11.6 Å². The number of carbonyl (C=O) groups excluding carboxylic acids is 1. The van der Waals surface area contributed by atoms with E-state index in [1.54, 1.807) is 0 Å². The van der Waals surface area contributed by atoms with E-state index in [0.29, 0.717) is 0 Å². The van der Waals surface area contributed by atoms with Gasteiger partial charge in [-0.3, -0.25) is 9.69 Å². The lowest BCUT2D eigenvalue weighted by Crippen LogP contribution is -2.40. The van der Waals surface area contributed by atoms with Crippen molar-refractivity contribution in [3.8, 4) is 11.4 Å². The first kappa shape index (κ1) is 20.5. The number of carbonyl (C=O) groups is 1. The minimum absolute atomic E-state index is 0.0103. The number of imidazole rings is 2. The molecular formula is C25H28N6O. The largest absolute Gasteiger partial charge is 0.338 e. The van der Waals surface area contributed by atoms with Crippen LogP contribution in [0.1, 0.15) is 25.6 Å². The van der Waals surface area contributed by atoms with Crippen LogP contribution in [-0.4, -0.2) is 43.4 Å². The van der Waals surface area contributed by atoms with E-state index in [1.165, 1.54) is 0 Å². The number of benzene rings is 2. The Labute approximate surface area is 187 Å². The number of hydrogen-bond donors (Lipinski definition) is 2. The van der Waals surface area contributed by atoms with E-state index in [0.717, 1.165) is 73.0 Å². The number of aryl methyl sites for hydroxylation is 1. The zero-order valence-corrected chi connectivity index (χ0v) is 18.3. The van der Waals surface area contributed by atoms with Gasteiger partial charge >= 0.3 is 0 Å². The molecule has 2 N–H and O–H groups in total.